The number of hydrogen-bond donors (Lipinski definition) is 0. The lowest BCUT2D eigenvalue weighted by Crippen LogP contribution is -2.31. The Kier molecular flexibility index (Phi) is 2.11. The molecule has 3 nitrogen and oxygen atoms in total. The minimum Gasteiger partial charge on any atom is -0.269 e. The van der Waals surface area contributed by atoms with E-state index in [0.29, 0.717) is 5.56 Å². The van der Waals surface area contributed by atoms with E-state index in [-0.39, 0.29) is 5.69 Å². The molecule has 4 heteroatoms. The van der Waals surface area contributed by atoms with Crippen molar-refractivity contribution in [2.75, 3.05) is 4.90 Å². The van der Waals surface area contributed by atoms with Crippen LogP contribution in [0, 0.1) is 12.7 Å². The van der Waals surface area contributed by atoms with Gasteiger partial charge in [0, 0.05) is 12.2 Å². The van der Waals surface area contributed by atoms with Crippen LogP contribution in [0.2, 0.25) is 0 Å². The first-order valence-electron chi connectivity index (χ1n) is 4.42. The van der Waals surface area contributed by atoms with Crippen LogP contribution in [0.25, 0.3) is 0 Å². The Balaban J connectivity index is 2.55. The Labute approximate surface area is 85.8 Å². The molecule has 1 aromatic rings. The third-order valence-corrected chi connectivity index (χ3v) is 2.22. The molecule has 0 unspecified atom stereocenters. The topological polar surface area (TPSA) is 37.4 Å². The van der Waals surface area contributed by atoms with Crippen molar-refractivity contribution in [3.05, 3.63) is 41.7 Å². The van der Waals surface area contributed by atoms with Crippen LogP contribution >= 0.6 is 0 Å². The first-order chi connectivity index (χ1) is 7.11. The number of amides is 2. The van der Waals surface area contributed by atoms with Gasteiger partial charge in [0.15, 0.2) is 0 Å². The molecule has 0 fully saturated rings. The van der Waals surface area contributed by atoms with Crippen LogP contribution in [-0.4, -0.2) is 11.8 Å². The molecule has 15 heavy (non-hydrogen) atoms. The predicted octanol–water partition coefficient (Wildman–Crippen LogP) is 1.56. The van der Waals surface area contributed by atoms with Gasteiger partial charge in [-0.1, -0.05) is 12.1 Å². The smallest absolute Gasteiger partial charge is 0.258 e. The van der Waals surface area contributed by atoms with Crippen molar-refractivity contribution in [2.24, 2.45) is 0 Å². The monoisotopic (exact) mass is 205 g/mol. The van der Waals surface area contributed by atoms with Crippen LogP contribution in [0.3, 0.4) is 0 Å². The van der Waals surface area contributed by atoms with E-state index < -0.39 is 17.6 Å². The van der Waals surface area contributed by atoms with Crippen LogP contribution in [-0.2, 0) is 9.59 Å². The van der Waals surface area contributed by atoms with E-state index in [1.165, 1.54) is 12.1 Å². The zero-order chi connectivity index (χ0) is 11.0. The summed E-state index contributed by atoms with van der Waals surface area (Å²) in [6.07, 6.45) is 2.27. The first kappa shape index (κ1) is 9.58. The summed E-state index contributed by atoms with van der Waals surface area (Å²) < 4.78 is 13.5. The molecule has 0 saturated heterocycles. The second-order valence-electron chi connectivity index (χ2n) is 3.25. The molecule has 76 valence electrons. The summed E-state index contributed by atoms with van der Waals surface area (Å²) in [5.41, 5.74) is 0.595. The molecule has 0 saturated carbocycles. The quantitative estimate of drug-likeness (QED) is 0.652. The third kappa shape index (κ3) is 1.44. The van der Waals surface area contributed by atoms with Gasteiger partial charge < -0.3 is 0 Å². The lowest BCUT2D eigenvalue weighted by atomic mass is 10.1. The highest BCUT2D eigenvalue weighted by atomic mass is 19.1. The molecule has 1 aromatic carbocycles. The standard InChI is InChI=1S/C11H8FNO2/c1-7-3-2-4-8(12)11(7)13-9(14)5-6-10(13)15/h2-6H,1H3. The third-order valence-electron chi connectivity index (χ3n) is 2.22. The SMILES string of the molecule is Cc1cccc(F)c1N1C(=O)C=CC1=O. The van der Waals surface area contributed by atoms with E-state index in [4.69, 9.17) is 0 Å². The van der Waals surface area contributed by atoms with Crippen molar-refractivity contribution in [2.45, 2.75) is 6.92 Å². The zero-order valence-corrected chi connectivity index (χ0v) is 8.03. The number of halogens is 1. The van der Waals surface area contributed by atoms with Crippen molar-refractivity contribution in [3.63, 3.8) is 0 Å². The van der Waals surface area contributed by atoms with Crippen molar-refractivity contribution < 1.29 is 14.0 Å². The summed E-state index contributed by atoms with van der Waals surface area (Å²) in [7, 11) is 0. The average molecular weight is 205 g/mol. The molecule has 0 spiro atoms. The number of imide groups is 1. The van der Waals surface area contributed by atoms with Gasteiger partial charge in [-0.05, 0) is 18.6 Å². The number of rotatable bonds is 1. The summed E-state index contributed by atoms with van der Waals surface area (Å²) >= 11 is 0. The highest BCUT2D eigenvalue weighted by molar-refractivity contribution is 6.28. The van der Waals surface area contributed by atoms with Gasteiger partial charge in [-0.25, -0.2) is 9.29 Å². The van der Waals surface area contributed by atoms with Gasteiger partial charge in [-0.15, -0.1) is 0 Å². The van der Waals surface area contributed by atoms with Gasteiger partial charge in [-0.3, -0.25) is 9.59 Å². The lowest BCUT2D eigenvalue weighted by Gasteiger charge is -2.16. The van der Waals surface area contributed by atoms with Crippen LogP contribution in [0.1, 0.15) is 5.56 Å². The second kappa shape index (κ2) is 3.31. The Morgan fingerprint density at radius 3 is 2.27 bits per heavy atom. The Morgan fingerprint density at radius 1 is 1.13 bits per heavy atom. The number of carbonyl (C=O) groups excluding carboxylic acids is 2. The van der Waals surface area contributed by atoms with E-state index in [9.17, 15) is 14.0 Å². The molecule has 0 bridgehead atoms. The molecule has 0 radical (unpaired) electrons. The number of carbonyl (C=O) groups is 2. The van der Waals surface area contributed by atoms with Gasteiger partial charge in [0.05, 0.1) is 5.69 Å². The molecule has 2 amide bonds. The van der Waals surface area contributed by atoms with E-state index in [0.717, 1.165) is 17.1 Å². The molecule has 0 atom stereocenters. The van der Waals surface area contributed by atoms with E-state index >= 15 is 0 Å². The number of para-hydroxylation sites is 1. The number of anilines is 1. The minimum atomic E-state index is -0.569. The van der Waals surface area contributed by atoms with Crippen molar-refractivity contribution in [1.82, 2.24) is 0 Å². The number of hydrogen-bond acceptors (Lipinski definition) is 2. The number of aryl methyl sites for hydroxylation is 1. The molecule has 2 rings (SSSR count). The Bertz CT molecular complexity index is 441. The Hall–Kier alpha value is -1.97. The summed E-state index contributed by atoms with van der Waals surface area (Å²) in [6.45, 7) is 1.65. The molecule has 1 heterocycles. The van der Waals surface area contributed by atoms with Crippen molar-refractivity contribution in [1.29, 1.82) is 0 Å². The largest absolute Gasteiger partial charge is 0.269 e. The fourth-order valence-electron chi connectivity index (χ4n) is 1.53. The van der Waals surface area contributed by atoms with Gasteiger partial charge in [0.2, 0.25) is 0 Å². The summed E-state index contributed by atoms with van der Waals surface area (Å²) in [5.74, 6) is -1.58. The van der Waals surface area contributed by atoms with E-state index in [2.05, 4.69) is 0 Å². The maximum Gasteiger partial charge on any atom is 0.258 e. The summed E-state index contributed by atoms with van der Waals surface area (Å²) in [6, 6.07) is 4.41. The fraction of sp³-hybridized carbons (Fsp3) is 0.0909. The van der Waals surface area contributed by atoms with Crippen molar-refractivity contribution in [3.8, 4) is 0 Å². The maximum absolute atomic E-state index is 13.5. The fourth-order valence-corrected chi connectivity index (χ4v) is 1.53. The normalized spacial score (nSPS) is 15.2. The summed E-state index contributed by atoms with van der Waals surface area (Å²) in [5, 5.41) is 0. The molecule has 0 aromatic heterocycles. The highest BCUT2D eigenvalue weighted by Gasteiger charge is 2.28. The number of nitrogens with zero attached hydrogens (tertiary/aromatic N) is 1. The molecule has 0 aliphatic carbocycles. The van der Waals surface area contributed by atoms with Gasteiger partial charge >= 0.3 is 0 Å². The highest BCUT2D eigenvalue weighted by Crippen LogP contribution is 2.26. The minimum absolute atomic E-state index is 0.0394. The zero-order valence-electron chi connectivity index (χ0n) is 8.03. The first-order valence-corrected chi connectivity index (χ1v) is 4.42. The van der Waals surface area contributed by atoms with Gasteiger partial charge in [0.1, 0.15) is 5.82 Å². The molecule has 1 aliphatic rings. The Morgan fingerprint density at radius 2 is 1.73 bits per heavy atom. The van der Waals surface area contributed by atoms with E-state index in [1.807, 2.05) is 0 Å². The predicted molar refractivity (Wildman–Crippen MR) is 52.8 cm³/mol. The van der Waals surface area contributed by atoms with Crippen LogP contribution in [0.5, 0.6) is 0 Å². The molecular formula is C11H8FNO2. The van der Waals surface area contributed by atoms with Crippen LogP contribution in [0.15, 0.2) is 30.4 Å². The summed E-state index contributed by atoms with van der Waals surface area (Å²) in [4.78, 5) is 23.5. The molecular weight excluding hydrogens is 197 g/mol. The molecule has 1 aliphatic heterocycles. The van der Waals surface area contributed by atoms with Gasteiger partial charge in [0.25, 0.3) is 11.8 Å². The van der Waals surface area contributed by atoms with Crippen LogP contribution in [0.4, 0.5) is 10.1 Å². The van der Waals surface area contributed by atoms with Crippen molar-refractivity contribution >= 4 is 17.5 Å². The lowest BCUT2D eigenvalue weighted by molar-refractivity contribution is -0.120. The number of benzene rings is 1. The second-order valence-corrected chi connectivity index (χ2v) is 3.25. The molecule has 0 N–H and O–H groups in total. The maximum atomic E-state index is 13.5. The van der Waals surface area contributed by atoms with E-state index in [1.54, 1.807) is 13.0 Å². The van der Waals surface area contributed by atoms with Crippen LogP contribution < -0.4 is 4.90 Å². The van der Waals surface area contributed by atoms with Gasteiger partial charge in [-0.2, -0.15) is 0 Å². The average Bonchev–Trinajstić information content (AvgIpc) is 2.49.